The van der Waals surface area contributed by atoms with Crippen molar-refractivity contribution in [3.05, 3.63) is 101 Å². The summed E-state index contributed by atoms with van der Waals surface area (Å²) in [7, 11) is 0. The summed E-state index contributed by atoms with van der Waals surface area (Å²) in [6.45, 7) is 0.410. The van der Waals surface area contributed by atoms with Crippen LogP contribution in [0.1, 0.15) is 39.9 Å². The number of para-hydroxylation sites is 1. The highest BCUT2D eigenvalue weighted by Crippen LogP contribution is 2.22. The number of hydrogen-bond donors (Lipinski definition) is 1. The summed E-state index contributed by atoms with van der Waals surface area (Å²) in [6.07, 6.45) is 2.96. The maximum atomic E-state index is 12.7. The van der Waals surface area contributed by atoms with Gasteiger partial charge in [-0.05, 0) is 42.5 Å². The van der Waals surface area contributed by atoms with E-state index >= 15 is 0 Å². The number of aryl methyl sites for hydroxylation is 1. The van der Waals surface area contributed by atoms with Crippen molar-refractivity contribution in [2.24, 2.45) is 5.10 Å². The molecule has 4 rings (SSSR count). The van der Waals surface area contributed by atoms with Crippen LogP contribution in [0.3, 0.4) is 0 Å². The van der Waals surface area contributed by atoms with Crippen molar-refractivity contribution in [2.75, 3.05) is 0 Å². The third-order valence-electron chi connectivity index (χ3n) is 4.85. The van der Waals surface area contributed by atoms with Crippen molar-refractivity contribution in [1.82, 2.24) is 5.43 Å². The van der Waals surface area contributed by atoms with Gasteiger partial charge in [-0.1, -0.05) is 66.7 Å². The van der Waals surface area contributed by atoms with Crippen molar-refractivity contribution < 1.29 is 9.53 Å². The van der Waals surface area contributed by atoms with Gasteiger partial charge in [0.25, 0.3) is 5.91 Å². The lowest BCUT2D eigenvalue weighted by Crippen LogP contribution is -2.22. The first-order chi connectivity index (χ1) is 13.8. The van der Waals surface area contributed by atoms with Crippen LogP contribution in [0.5, 0.6) is 5.75 Å². The maximum Gasteiger partial charge on any atom is 0.275 e. The van der Waals surface area contributed by atoms with E-state index in [2.05, 4.69) is 22.7 Å². The number of benzene rings is 3. The van der Waals surface area contributed by atoms with Crippen LogP contribution in [0.25, 0.3) is 0 Å². The van der Waals surface area contributed by atoms with Gasteiger partial charge in [0.15, 0.2) is 0 Å². The second kappa shape index (κ2) is 8.53. The zero-order chi connectivity index (χ0) is 19.2. The smallest absolute Gasteiger partial charge is 0.275 e. The molecule has 0 aliphatic heterocycles. The van der Waals surface area contributed by atoms with Gasteiger partial charge in [0, 0.05) is 5.56 Å². The number of nitrogens with zero attached hydrogens (tertiary/aromatic N) is 1. The van der Waals surface area contributed by atoms with Crippen molar-refractivity contribution in [3.63, 3.8) is 0 Å². The van der Waals surface area contributed by atoms with E-state index in [-0.39, 0.29) is 5.91 Å². The van der Waals surface area contributed by atoms with Gasteiger partial charge in [-0.15, -0.1) is 0 Å². The maximum absolute atomic E-state index is 12.7. The molecule has 0 bridgehead atoms. The van der Waals surface area contributed by atoms with Crippen molar-refractivity contribution >= 4 is 11.6 Å². The molecule has 0 aromatic heterocycles. The minimum atomic E-state index is -0.265. The topological polar surface area (TPSA) is 50.7 Å². The zero-order valence-corrected chi connectivity index (χ0v) is 15.6. The van der Waals surface area contributed by atoms with Gasteiger partial charge < -0.3 is 4.74 Å². The van der Waals surface area contributed by atoms with Gasteiger partial charge >= 0.3 is 0 Å². The molecule has 0 atom stereocenters. The Morgan fingerprint density at radius 3 is 2.54 bits per heavy atom. The molecule has 1 aliphatic rings. The van der Waals surface area contributed by atoms with E-state index < -0.39 is 0 Å². The van der Waals surface area contributed by atoms with Crippen LogP contribution in [-0.4, -0.2) is 11.6 Å². The highest BCUT2D eigenvalue weighted by molar-refractivity contribution is 6.04. The molecule has 4 nitrogen and oxygen atoms in total. The Kier molecular flexibility index (Phi) is 5.48. The summed E-state index contributed by atoms with van der Waals surface area (Å²) in [4.78, 5) is 12.7. The summed E-state index contributed by atoms with van der Waals surface area (Å²) >= 11 is 0. The first-order valence-corrected chi connectivity index (χ1v) is 9.52. The molecule has 28 heavy (non-hydrogen) atoms. The molecule has 1 amide bonds. The van der Waals surface area contributed by atoms with Crippen LogP contribution in [0.2, 0.25) is 0 Å². The second-order valence-corrected chi connectivity index (χ2v) is 6.78. The molecule has 1 N–H and O–H groups in total. The fourth-order valence-electron chi connectivity index (χ4n) is 3.41. The molecule has 0 fully saturated rings. The van der Waals surface area contributed by atoms with Crippen LogP contribution in [0.15, 0.2) is 84.0 Å². The highest BCUT2D eigenvalue weighted by Gasteiger charge is 2.16. The summed E-state index contributed by atoms with van der Waals surface area (Å²) in [5, 5.41) is 4.42. The minimum absolute atomic E-state index is 0.265. The average molecular weight is 370 g/mol. The van der Waals surface area contributed by atoms with E-state index in [9.17, 15) is 4.79 Å². The predicted molar refractivity (Wildman–Crippen MR) is 111 cm³/mol. The molecular formula is C24H22N2O2. The third-order valence-corrected chi connectivity index (χ3v) is 4.85. The lowest BCUT2D eigenvalue weighted by atomic mass is 9.90. The number of hydrazone groups is 1. The summed E-state index contributed by atoms with van der Waals surface area (Å²) < 4.78 is 5.88. The third kappa shape index (κ3) is 4.12. The zero-order valence-electron chi connectivity index (χ0n) is 15.6. The molecule has 0 unspecified atom stereocenters. The van der Waals surface area contributed by atoms with Crippen molar-refractivity contribution in [3.8, 4) is 5.75 Å². The fraction of sp³-hybridized carbons (Fsp3) is 0.167. The van der Waals surface area contributed by atoms with Crippen LogP contribution in [0, 0.1) is 0 Å². The molecule has 0 saturated heterocycles. The number of carbonyl (C=O) groups excluding carboxylic acids is 1. The van der Waals surface area contributed by atoms with E-state index in [1.54, 1.807) is 12.1 Å². The first kappa shape index (κ1) is 18.0. The molecule has 4 heteroatoms. The Morgan fingerprint density at radius 2 is 1.64 bits per heavy atom. The fourth-order valence-corrected chi connectivity index (χ4v) is 3.41. The lowest BCUT2D eigenvalue weighted by molar-refractivity contribution is 0.0950. The van der Waals surface area contributed by atoms with Crippen LogP contribution in [-0.2, 0) is 13.0 Å². The standard InChI is InChI=1S/C24H22N2O2/c27-24(26-25-22-15-8-12-19-11-4-5-13-20(19)22)21-14-6-7-16-23(21)28-17-18-9-2-1-3-10-18/h1-7,9-11,13-14,16H,8,12,15,17H2,(H,26,27)/b25-22+. The number of ether oxygens (including phenoxy) is 1. The Hall–Kier alpha value is -3.40. The van der Waals surface area contributed by atoms with Crippen molar-refractivity contribution in [1.29, 1.82) is 0 Å². The molecule has 0 saturated carbocycles. The molecule has 1 aliphatic carbocycles. The largest absolute Gasteiger partial charge is 0.488 e. The highest BCUT2D eigenvalue weighted by atomic mass is 16.5. The summed E-state index contributed by atoms with van der Waals surface area (Å²) in [5.74, 6) is 0.285. The van der Waals surface area contributed by atoms with Gasteiger partial charge in [-0.25, -0.2) is 5.43 Å². The number of nitrogens with one attached hydrogen (secondary N) is 1. The number of rotatable bonds is 5. The predicted octanol–water partition coefficient (Wildman–Crippen LogP) is 4.74. The second-order valence-electron chi connectivity index (χ2n) is 6.78. The molecule has 140 valence electrons. The van der Waals surface area contributed by atoms with Gasteiger partial charge in [0.1, 0.15) is 12.4 Å². The van der Waals surface area contributed by atoms with Crippen molar-refractivity contribution in [2.45, 2.75) is 25.9 Å². The first-order valence-electron chi connectivity index (χ1n) is 9.52. The van der Waals surface area contributed by atoms with E-state index in [0.717, 1.165) is 36.1 Å². The van der Waals surface area contributed by atoms with Crippen LogP contribution >= 0.6 is 0 Å². The number of carbonyl (C=O) groups is 1. The van der Waals surface area contributed by atoms with E-state index in [0.29, 0.717) is 17.9 Å². The van der Waals surface area contributed by atoms with Gasteiger partial charge in [0.2, 0.25) is 0 Å². The monoisotopic (exact) mass is 370 g/mol. The molecule has 0 spiro atoms. The number of hydrogen-bond acceptors (Lipinski definition) is 3. The molecule has 3 aromatic carbocycles. The summed E-state index contributed by atoms with van der Waals surface area (Å²) in [6, 6.07) is 25.4. The van der Waals surface area contributed by atoms with Gasteiger partial charge in [-0.2, -0.15) is 5.10 Å². The SMILES string of the molecule is O=C(N/N=C1\CCCc2ccccc21)c1ccccc1OCc1ccccc1. The summed E-state index contributed by atoms with van der Waals surface area (Å²) in [5.41, 5.74) is 7.59. The Labute approximate surface area is 164 Å². The van der Waals surface area contributed by atoms with E-state index in [4.69, 9.17) is 4.74 Å². The lowest BCUT2D eigenvalue weighted by Gasteiger charge is -2.17. The van der Waals surface area contributed by atoms with E-state index in [1.807, 2.05) is 54.6 Å². The Balaban J connectivity index is 1.49. The van der Waals surface area contributed by atoms with Crippen LogP contribution in [0.4, 0.5) is 0 Å². The Bertz CT molecular complexity index is 996. The number of fused-ring (bicyclic) bond motifs is 1. The molecule has 3 aromatic rings. The minimum Gasteiger partial charge on any atom is -0.488 e. The average Bonchev–Trinajstić information content (AvgIpc) is 2.77. The van der Waals surface area contributed by atoms with Gasteiger partial charge in [0.05, 0.1) is 11.3 Å². The van der Waals surface area contributed by atoms with Gasteiger partial charge in [-0.3, -0.25) is 4.79 Å². The normalized spacial score (nSPS) is 14.4. The Morgan fingerprint density at radius 1 is 0.893 bits per heavy atom. The van der Waals surface area contributed by atoms with E-state index in [1.165, 1.54) is 5.56 Å². The quantitative estimate of drug-likeness (QED) is 0.660. The molecular weight excluding hydrogens is 348 g/mol. The molecule has 0 heterocycles. The molecule has 0 radical (unpaired) electrons. The number of amides is 1. The van der Waals surface area contributed by atoms with Crippen LogP contribution < -0.4 is 10.2 Å².